The van der Waals surface area contributed by atoms with Gasteiger partial charge in [-0.25, -0.2) is 0 Å². The average molecular weight is 356 g/mol. The van der Waals surface area contributed by atoms with E-state index >= 15 is 0 Å². The second kappa shape index (κ2) is 7.89. The normalized spacial score (nSPS) is 14.0. The standard InChI is InChI=1S/C20H28N4O2/c1-13(2)7-10-17-22-23-18(24(17)15-8-9-15)11-12-19(26)21-20-14(3)5-4-6-16(20)25/h4-6,13,15,25H,7-12H2,1-3H3,(H,21,26). The lowest BCUT2D eigenvalue weighted by Crippen LogP contribution is -2.15. The molecule has 1 aliphatic rings. The molecule has 1 saturated carbocycles. The highest BCUT2D eigenvalue weighted by Crippen LogP contribution is 2.37. The summed E-state index contributed by atoms with van der Waals surface area (Å²) in [4.78, 5) is 12.3. The molecule has 3 rings (SSSR count). The summed E-state index contributed by atoms with van der Waals surface area (Å²) in [7, 11) is 0. The van der Waals surface area contributed by atoms with Crippen molar-refractivity contribution in [1.82, 2.24) is 14.8 Å². The minimum Gasteiger partial charge on any atom is -0.506 e. The number of carbonyl (C=O) groups is 1. The van der Waals surface area contributed by atoms with Gasteiger partial charge in [0.15, 0.2) is 0 Å². The van der Waals surface area contributed by atoms with Crippen LogP contribution in [0.5, 0.6) is 5.75 Å². The fourth-order valence-electron chi connectivity index (χ4n) is 3.12. The number of benzene rings is 1. The molecule has 2 aromatic rings. The van der Waals surface area contributed by atoms with Crippen molar-refractivity contribution in [3.8, 4) is 5.75 Å². The van der Waals surface area contributed by atoms with Crippen LogP contribution in [0.25, 0.3) is 0 Å². The number of phenolic OH excluding ortho intramolecular Hbond substituents is 1. The first-order valence-electron chi connectivity index (χ1n) is 9.46. The first kappa shape index (κ1) is 18.4. The zero-order valence-electron chi connectivity index (χ0n) is 15.8. The highest BCUT2D eigenvalue weighted by molar-refractivity contribution is 5.93. The SMILES string of the molecule is Cc1cccc(O)c1NC(=O)CCc1nnc(CCC(C)C)n1C1CC1. The monoisotopic (exact) mass is 356 g/mol. The van der Waals surface area contributed by atoms with Crippen LogP contribution < -0.4 is 5.32 Å². The zero-order valence-corrected chi connectivity index (χ0v) is 15.8. The topological polar surface area (TPSA) is 80.0 Å². The molecular formula is C20H28N4O2. The highest BCUT2D eigenvalue weighted by atomic mass is 16.3. The minimum absolute atomic E-state index is 0.0930. The number of phenols is 1. The molecule has 0 spiro atoms. The molecule has 0 bridgehead atoms. The van der Waals surface area contributed by atoms with E-state index in [0.717, 1.165) is 30.1 Å². The van der Waals surface area contributed by atoms with Gasteiger partial charge in [0.05, 0.1) is 5.69 Å². The number of nitrogens with zero attached hydrogens (tertiary/aromatic N) is 3. The third-order valence-corrected chi connectivity index (χ3v) is 4.79. The first-order valence-corrected chi connectivity index (χ1v) is 9.46. The third kappa shape index (κ3) is 4.42. The van der Waals surface area contributed by atoms with Crippen LogP contribution in [0.1, 0.15) is 62.8 Å². The number of amides is 1. The zero-order chi connectivity index (χ0) is 18.7. The molecule has 1 aromatic heterocycles. The van der Waals surface area contributed by atoms with Gasteiger partial charge in [-0.3, -0.25) is 4.79 Å². The van der Waals surface area contributed by atoms with Crippen LogP contribution in [0, 0.1) is 12.8 Å². The Labute approximate surface area is 154 Å². The lowest BCUT2D eigenvalue weighted by atomic mass is 10.1. The Hall–Kier alpha value is -2.37. The summed E-state index contributed by atoms with van der Waals surface area (Å²) in [5.74, 6) is 2.55. The van der Waals surface area contributed by atoms with E-state index in [1.165, 1.54) is 12.8 Å². The smallest absolute Gasteiger partial charge is 0.224 e. The maximum Gasteiger partial charge on any atom is 0.224 e. The molecule has 0 unspecified atom stereocenters. The quantitative estimate of drug-likeness (QED) is 0.705. The van der Waals surface area contributed by atoms with Gasteiger partial charge in [-0.05, 0) is 43.7 Å². The van der Waals surface area contributed by atoms with E-state index in [1.54, 1.807) is 12.1 Å². The van der Waals surface area contributed by atoms with E-state index in [0.29, 0.717) is 30.5 Å². The van der Waals surface area contributed by atoms with Crippen LogP contribution in [0.4, 0.5) is 5.69 Å². The van der Waals surface area contributed by atoms with Crippen molar-refractivity contribution in [1.29, 1.82) is 0 Å². The molecule has 2 N–H and O–H groups in total. The predicted octanol–water partition coefficient (Wildman–Crippen LogP) is 3.79. The van der Waals surface area contributed by atoms with Crippen LogP contribution in [0.3, 0.4) is 0 Å². The van der Waals surface area contributed by atoms with Gasteiger partial charge >= 0.3 is 0 Å². The number of aryl methyl sites for hydroxylation is 3. The number of rotatable bonds is 8. The van der Waals surface area contributed by atoms with Gasteiger partial charge in [-0.2, -0.15) is 0 Å². The molecule has 1 fully saturated rings. The molecule has 140 valence electrons. The number of aromatic hydroxyl groups is 1. The maximum absolute atomic E-state index is 12.3. The van der Waals surface area contributed by atoms with Crippen molar-refractivity contribution in [2.75, 3.05) is 5.32 Å². The summed E-state index contributed by atoms with van der Waals surface area (Å²) in [5.41, 5.74) is 1.33. The predicted molar refractivity (Wildman–Crippen MR) is 101 cm³/mol. The summed E-state index contributed by atoms with van der Waals surface area (Å²) in [6, 6.07) is 5.70. The van der Waals surface area contributed by atoms with E-state index in [2.05, 4.69) is 33.9 Å². The van der Waals surface area contributed by atoms with Crippen molar-refractivity contribution >= 4 is 11.6 Å². The van der Waals surface area contributed by atoms with E-state index in [-0.39, 0.29) is 11.7 Å². The number of carbonyl (C=O) groups excluding carboxylic acids is 1. The van der Waals surface area contributed by atoms with Gasteiger partial charge in [0, 0.05) is 25.3 Å². The van der Waals surface area contributed by atoms with E-state index in [1.807, 2.05) is 13.0 Å². The number of anilines is 1. The molecule has 0 saturated heterocycles. The number of para-hydroxylation sites is 1. The van der Waals surface area contributed by atoms with Crippen LogP contribution >= 0.6 is 0 Å². The lowest BCUT2D eigenvalue weighted by Gasteiger charge is -2.11. The molecule has 26 heavy (non-hydrogen) atoms. The molecule has 6 heteroatoms. The molecule has 0 atom stereocenters. The third-order valence-electron chi connectivity index (χ3n) is 4.79. The molecule has 1 aliphatic carbocycles. The Kier molecular flexibility index (Phi) is 5.59. The van der Waals surface area contributed by atoms with Gasteiger partial charge in [0.25, 0.3) is 0 Å². The first-order chi connectivity index (χ1) is 12.5. The van der Waals surface area contributed by atoms with E-state index in [9.17, 15) is 9.90 Å². The summed E-state index contributed by atoms with van der Waals surface area (Å²) in [6.07, 6.45) is 5.25. The Bertz CT molecular complexity index is 758. The Morgan fingerprint density at radius 1 is 1.27 bits per heavy atom. The molecule has 1 heterocycles. The second-order valence-electron chi connectivity index (χ2n) is 7.58. The Morgan fingerprint density at radius 2 is 1.96 bits per heavy atom. The number of hydrogen-bond acceptors (Lipinski definition) is 4. The van der Waals surface area contributed by atoms with Gasteiger partial charge in [-0.1, -0.05) is 26.0 Å². The van der Waals surface area contributed by atoms with Crippen molar-refractivity contribution in [2.45, 2.75) is 65.3 Å². The summed E-state index contributed by atoms with van der Waals surface area (Å²) < 4.78 is 2.25. The van der Waals surface area contributed by atoms with Crippen LogP contribution in [-0.2, 0) is 17.6 Å². The molecule has 0 aliphatic heterocycles. The summed E-state index contributed by atoms with van der Waals surface area (Å²) in [5, 5.41) is 21.5. The average Bonchev–Trinajstić information content (AvgIpc) is 3.35. The van der Waals surface area contributed by atoms with Crippen LogP contribution in [0.2, 0.25) is 0 Å². The fourth-order valence-corrected chi connectivity index (χ4v) is 3.12. The van der Waals surface area contributed by atoms with Crippen molar-refractivity contribution < 1.29 is 9.90 Å². The van der Waals surface area contributed by atoms with Crippen molar-refractivity contribution in [3.63, 3.8) is 0 Å². The van der Waals surface area contributed by atoms with Crippen molar-refractivity contribution in [3.05, 3.63) is 35.4 Å². The second-order valence-corrected chi connectivity index (χ2v) is 7.58. The highest BCUT2D eigenvalue weighted by Gasteiger charge is 2.29. The summed E-state index contributed by atoms with van der Waals surface area (Å²) in [6.45, 7) is 6.29. The molecule has 1 amide bonds. The molecule has 0 radical (unpaired) electrons. The molecule has 1 aromatic carbocycles. The van der Waals surface area contributed by atoms with E-state index in [4.69, 9.17) is 0 Å². The molecular weight excluding hydrogens is 328 g/mol. The Balaban J connectivity index is 1.63. The number of hydrogen-bond donors (Lipinski definition) is 2. The van der Waals surface area contributed by atoms with Gasteiger partial charge in [-0.15, -0.1) is 10.2 Å². The van der Waals surface area contributed by atoms with Gasteiger partial charge in [0.1, 0.15) is 17.4 Å². The fraction of sp³-hybridized carbons (Fsp3) is 0.550. The number of aromatic nitrogens is 3. The molecule has 6 nitrogen and oxygen atoms in total. The largest absolute Gasteiger partial charge is 0.506 e. The minimum atomic E-state index is -0.122. The van der Waals surface area contributed by atoms with E-state index < -0.39 is 0 Å². The lowest BCUT2D eigenvalue weighted by molar-refractivity contribution is -0.116. The number of nitrogens with one attached hydrogen (secondary N) is 1. The van der Waals surface area contributed by atoms with Crippen molar-refractivity contribution in [2.24, 2.45) is 5.92 Å². The maximum atomic E-state index is 12.3. The summed E-state index contributed by atoms with van der Waals surface area (Å²) >= 11 is 0. The van der Waals surface area contributed by atoms with Crippen LogP contribution in [-0.4, -0.2) is 25.8 Å². The van der Waals surface area contributed by atoms with Gasteiger partial charge < -0.3 is 15.0 Å². The van der Waals surface area contributed by atoms with Crippen LogP contribution in [0.15, 0.2) is 18.2 Å². The Morgan fingerprint density at radius 3 is 2.58 bits per heavy atom. The van der Waals surface area contributed by atoms with Gasteiger partial charge in [0.2, 0.25) is 5.91 Å².